The van der Waals surface area contributed by atoms with E-state index < -0.39 is 0 Å². The van der Waals surface area contributed by atoms with Crippen LogP contribution in [0.15, 0.2) is 41.3 Å². The van der Waals surface area contributed by atoms with Crippen molar-refractivity contribution in [1.82, 2.24) is 0 Å². The maximum atomic E-state index is 9.32. The van der Waals surface area contributed by atoms with E-state index in [0.717, 1.165) is 16.3 Å². The highest BCUT2D eigenvalue weighted by Crippen LogP contribution is 2.29. The first-order valence-electron chi connectivity index (χ1n) is 6.07. The van der Waals surface area contributed by atoms with Crippen molar-refractivity contribution in [1.29, 1.82) is 5.26 Å². The summed E-state index contributed by atoms with van der Waals surface area (Å²) in [4.78, 5) is 0.997. The van der Waals surface area contributed by atoms with Gasteiger partial charge in [0.2, 0.25) is 0 Å². The third-order valence-electron chi connectivity index (χ3n) is 3.01. The Morgan fingerprint density at radius 2 is 1.89 bits per heavy atom. The summed E-state index contributed by atoms with van der Waals surface area (Å²) in [6.07, 6.45) is 1.98. The molecule has 0 heterocycles. The van der Waals surface area contributed by atoms with Crippen molar-refractivity contribution in [3.63, 3.8) is 0 Å². The van der Waals surface area contributed by atoms with Gasteiger partial charge in [-0.05, 0) is 43.9 Å². The Kier molecular flexibility index (Phi) is 4.13. The number of thioether (sulfide) groups is 1. The predicted octanol–water partition coefficient (Wildman–Crippen LogP) is 4.64. The molecule has 0 unspecified atom stereocenters. The number of benzene rings is 2. The fourth-order valence-corrected chi connectivity index (χ4v) is 2.59. The van der Waals surface area contributed by atoms with Crippen molar-refractivity contribution in [3.05, 3.63) is 53.1 Å². The Morgan fingerprint density at radius 3 is 2.53 bits per heavy atom. The highest BCUT2D eigenvalue weighted by molar-refractivity contribution is 7.98. The second-order valence-electron chi connectivity index (χ2n) is 4.44. The van der Waals surface area contributed by atoms with Crippen LogP contribution in [-0.4, -0.2) is 6.26 Å². The van der Waals surface area contributed by atoms with Crippen molar-refractivity contribution >= 4 is 23.1 Å². The van der Waals surface area contributed by atoms with Crippen LogP contribution in [0.1, 0.15) is 16.7 Å². The molecule has 0 aromatic heterocycles. The number of rotatable bonds is 3. The van der Waals surface area contributed by atoms with Crippen LogP contribution in [0.5, 0.6) is 0 Å². The quantitative estimate of drug-likeness (QED) is 0.824. The lowest BCUT2D eigenvalue weighted by molar-refractivity contribution is 1.33. The van der Waals surface area contributed by atoms with Crippen LogP contribution in [0, 0.1) is 25.2 Å². The fourth-order valence-electron chi connectivity index (χ4n) is 2.02. The summed E-state index contributed by atoms with van der Waals surface area (Å²) in [6.45, 7) is 4.14. The molecule has 0 fully saturated rings. The molecule has 96 valence electrons. The van der Waals surface area contributed by atoms with Crippen LogP contribution in [0.3, 0.4) is 0 Å². The molecule has 0 aliphatic rings. The van der Waals surface area contributed by atoms with E-state index in [0.29, 0.717) is 5.56 Å². The number of anilines is 2. The number of aryl methyl sites for hydroxylation is 2. The maximum Gasteiger partial charge on any atom is 0.103 e. The lowest BCUT2D eigenvalue weighted by atomic mass is 10.1. The van der Waals surface area contributed by atoms with Crippen LogP contribution in [0.25, 0.3) is 0 Å². The fraction of sp³-hybridized carbons (Fsp3) is 0.188. The standard InChI is InChI=1S/C16H16N2S/c1-11-7-8-14(12(2)9-11)18-15-5-4-6-16(19-3)13(15)10-17/h4-9,18H,1-3H3. The van der Waals surface area contributed by atoms with Gasteiger partial charge in [-0.2, -0.15) is 5.26 Å². The summed E-state index contributed by atoms with van der Waals surface area (Å²) in [5.74, 6) is 0. The first-order chi connectivity index (χ1) is 9.15. The predicted molar refractivity (Wildman–Crippen MR) is 82.1 cm³/mol. The molecule has 0 bridgehead atoms. The summed E-state index contributed by atoms with van der Waals surface area (Å²) in [5, 5.41) is 12.7. The molecule has 0 aliphatic heterocycles. The summed E-state index contributed by atoms with van der Waals surface area (Å²) in [5.41, 5.74) is 5.02. The molecular weight excluding hydrogens is 252 g/mol. The zero-order chi connectivity index (χ0) is 13.8. The van der Waals surface area contributed by atoms with E-state index in [1.165, 1.54) is 11.1 Å². The average Bonchev–Trinajstić information content (AvgIpc) is 2.41. The molecule has 2 rings (SSSR count). The largest absolute Gasteiger partial charge is 0.354 e. The zero-order valence-electron chi connectivity index (χ0n) is 11.3. The first-order valence-corrected chi connectivity index (χ1v) is 7.29. The van der Waals surface area contributed by atoms with E-state index in [9.17, 15) is 5.26 Å². The van der Waals surface area contributed by atoms with Crippen LogP contribution >= 0.6 is 11.8 Å². The van der Waals surface area contributed by atoms with E-state index in [-0.39, 0.29) is 0 Å². The summed E-state index contributed by atoms with van der Waals surface area (Å²) >= 11 is 1.59. The number of hydrogen-bond donors (Lipinski definition) is 1. The Labute approximate surface area is 118 Å². The molecule has 0 saturated heterocycles. The Balaban J connectivity index is 2.41. The Bertz CT molecular complexity index is 642. The summed E-state index contributed by atoms with van der Waals surface area (Å²) < 4.78 is 0. The van der Waals surface area contributed by atoms with E-state index in [1.54, 1.807) is 11.8 Å². The first kappa shape index (κ1) is 13.5. The van der Waals surface area contributed by atoms with Gasteiger partial charge in [0.1, 0.15) is 6.07 Å². The zero-order valence-corrected chi connectivity index (χ0v) is 12.1. The van der Waals surface area contributed by atoms with Gasteiger partial charge in [0.25, 0.3) is 0 Å². The minimum atomic E-state index is 0.704. The van der Waals surface area contributed by atoms with Crippen LogP contribution in [0.4, 0.5) is 11.4 Å². The average molecular weight is 268 g/mol. The molecule has 1 N–H and O–H groups in total. The molecule has 0 saturated carbocycles. The Hall–Kier alpha value is -1.92. The second kappa shape index (κ2) is 5.81. The molecule has 3 heteroatoms. The molecule has 0 radical (unpaired) electrons. The lowest BCUT2D eigenvalue weighted by Gasteiger charge is -2.13. The van der Waals surface area contributed by atoms with Gasteiger partial charge in [-0.25, -0.2) is 0 Å². The molecule has 0 aliphatic carbocycles. The van der Waals surface area contributed by atoms with E-state index >= 15 is 0 Å². The van der Waals surface area contributed by atoms with Gasteiger partial charge < -0.3 is 5.32 Å². The summed E-state index contributed by atoms with van der Waals surface area (Å²) in [7, 11) is 0. The van der Waals surface area contributed by atoms with Crippen LogP contribution in [0.2, 0.25) is 0 Å². The van der Waals surface area contributed by atoms with E-state index in [2.05, 4.69) is 43.4 Å². The highest BCUT2D eigenvalue weighted by Gasteiger charge is 2.08. The van der Waals surface area contributed by atoms with Crippen molar-refractivity contribution in [2.24, 2.45) is 0 Å². The molecule has 2 nitrogen and oxygen atoms in total. The van der Waals surface area contributed by atoms with Gasteiger partial charge in [0, 0.05) is 10.6 Å². The smallest absolute Gasteiger partial charge is 0.103 e. The SMILES string of the molecule is CSc1cccc(Nc2ccc(C)cc2C)c1C#N. The maximum absolute atomic E-state index is 9.32. The topological polar surface area (TPSA) is 35.8 Å². The number of hydrogen-bond acceptors (Lipinski definition) is 3. The third-order valence-corrected chi connectivity index (χ3v) is 3.79. The summed E-state index contributed by atoms with van der Waals surface area (Å²) in [6, 6.07) is 14.4. The minimum Gasteiger partial charge on any atom is -0.354 e. The molecule has 0 spiro atoms. The van der Waals surface area contributed by atoms with Gasteiger partial charge in [0.15, 0.2) is 0 Å². The molecule has 0 atom stereocenters. The normalized spacial score (nSPS) is 10.0. The number of nitrogens with one attached hydrogen (secondary N) is 1. The minimum absolute atomic E-state index is 0.704. The van der Waals surface area contributed by atoms with Crippen molar-refractivity contribution in [2.45, 2.75) is 18.7 Å². The molecule has 0 amide bonds. The lowest BCUT2D eigenvalue weighted by Crippen LogP contribution is -1.97. The van der Waals surface area contributed by atoms with Gasteiger partial charge in [-0.1, -0.05) is 23.8 Å². The third kappa shape index (κ3) is 2.91. The van der Waals surface area contributed by atoms with E-state index in [4.69, 9.17) is 0 Å². The number of nitriles is 1. The van der Waals surface area contributed by atoms with Crippen molar-refractivity contribution in [3.8, 4) is 6.07 Å². The number of nitrogens with zero attached hydrogens (tertiary/aromatic N) is 1. The van der Waals surface area contributed by atoms with Crippen molar-refractivity contribution in [2.75, 3.05) is 11.6 Å². The molecule has 19 heavy (non-hydrogen) atoms. The van der Waals surface area contributed by atoms with Gasteiger partial charge in [0.05, 0.1) is 11.3 Å². The van der Waals surface area contributed by atoms with Crippen molar-refractivity contribution < 1.29 is 0 Å². The Morgan fingerprint density at radius 1 is 1.11 bits per heavy atom. The molecule has 2 aromatic carbocycles. The van der Waals surface area contributed by atoms with E-state index in [1.807, 2.05) is 24.5 Å². The monoisotopic (exact) mass is 268 g/mol. The van der Waals surface area contributed by atoms with Crippen LogP contribution in [-0.2, 0) is 0 Å². The molecule has 2 aromatic rings. The molecular formula is C16H16N2S. The van der Waals surface area contributed by atoms with Gasteiger partial charge in [-0.3, -0.25) is 0 Å². The van der Waals surface area contributed by atoms with Gasteiger partial charge >= 0.3 is 0 Å². The highest BCUT2D eigenvalue weighted by atomic mass is 32.2. The van der Waals surface area contributed by atoms with Gasteiger partial charge in [-0.15, -0.1) is 11.8 Å². The van der Waals surface area contributed by atoms with Crippen LogP contribution < -0.4 is 5.32 Å². The second-order valence-corrected chi connectivity index (χ2v) is 5.29.